The molecule has 0 bridgehead atoms. The van der Waals surface area contributed by atoms with Crippen LogP contribution in [0.1, 0.15) is 69.9 Å². The average molecular weight is 675 g/mol. The van der Waals surface area contributed by atoms with E-state index in [4.69, 9.17) is 11.6 Å². The van der Waals surface area contributed by atoms with Gasteiger partial charge in [-0.3, -0.25) is 14.7 Å². The minimum absolute atomic E-state index is 0.170. The predicted molar refractivity (Wildman–Crippen MR) is 183 cm³/mol. The van der Waals surface area contributed by atoms with Gasteiger partial charge < -0.3 is 21.3 Å². The third-order valence-electron chi connectivity index (χ3n) is 8.13. The van der Waals surface area contributed by atoms with Crippen molar-refractivity contribution in [2.75, 3.05) is 36.8 Å². The lowest BCUT2D eigenvalue weighted by molar-refractivity contribution is 0.101. The van der Waals surface area contributed by atoms with Gasteiger partial charge in [0.25, 0.3) is 11.8 Å². The Hall–Kier alpha value is -3.42. The molecular weight excluding hydrogens is 640 g/mol. The average Bonchev–Trinajstić information content (AvgIpc) is 3.97. The molecule has 10 nitrogen and oxygen atoms in total. The Kier molecular flexibility index (Phi) is 9.59. The SMILES string of the molecule is O=C(Nc1ccc(SC2CNC2)cc1)c1cnc(C2CC2)nc1.O=C(Nc1ccc(SC2CNC2)cc1)c1n[nH]c(C2CC2)c1Cl. The smallest absolute Gasteiger partial charge is 0.277 e. The Morgan fingerprint density at radius 2 is 1.22 bits per heavy atom. The quantitative estimate of drug-likeness (QED) is 0.139. The van der Waals surface area contributed by atoms with E-state index in [2.05, 4.69) is 41.4 Å². The molecule has 2 aliphatic carbocycles. The van der Waals surface area contributed by atoms with Gasteiger partial charge in [-0.1, -0.05) is 11.6 Å². The van der Waals surface area contributed by atoms with E-state index in [1.165, 1.54) is 9.79 Å². The van der Waals surface area contributed by atoms with Crippen LogP contribution in [0.15, 0.2) is 70.7 Å². The van der Waals surface area contributed by atoms with Crippen LogP contribution >= 0.6 is 35.1 Å². The number of nitrogens with zero attached hydrogens (tertiary/aromatic N) is 3. The van der Waals surface area contributed by atoms with Crippen LogP contribution in [0.4, 0.5) is 11.4 Å². The number of aromatic nitrogens is 4. The van der Waals surface area contributed by atoms with Crippen LogP contribution in [-0.4, -0.2) is 68.7 Å². The molecular formula is C33H35ClN8O2S2. The highest BCUT2D eigenvalue weighted by molar-refractivity contribution is 8.00. The molecule has 0 atom stereocenters. The summed E-state index contributed by atoms with van der Waals surface area (Å²) in [7, 11) is 0. The van der Waals surface area contributed by atoms with Crippen molar-refractivity contribution in [3.05, 3.63) is 88.7 Å². The lowest BCUT2D eigenvalue weighted by atomic mass is 10.2. The van der Waals surface area contributed by atoms with Crippen LogP contribution < -0.4 is 21.3 Å². The number of thioether (sulfide) groups is 2. The zero-order valence-corrected chi connectivity index (χ0v) is 27.5. The second kappa shape index (κ2) is 14.1. The first-order valence-corrected chi connectivity index (χ1v) is 17.8. The third-order valence-corrected chi connectivity index (χ3v) is 10.9. The molecule has 5 N–H and O–H groups in total. The first-order chi connectivity index (χ1) is 22.5. The molecule has 2 saturated carbocycles. The first kappa shape index (κ1) is 31.2. The van der Waals surface area contributed by atoms with Crippen molar-refractivity contribution in [1.29, 1.82) is 0 Å². The van der Waals surface area contributed by atoms with E-state index in [9.17, 15) is 9.59 Å². The maximum atomic E-state index is 12.3. The van der Waals surface area contributed by atoms with Crippen LogP contribution in [0.5, 0.6) is 0 Å². The highest BCUT2D eigenvalue weighted by atomic mass is 35.5. The Bertz CT molecular complexity index is 1670. The standard InChI is InChI=1S/C17H18N4OS.C16H17ClN4OS/c22-17(12-7-19-16(20-8-12)11-1-2-11)21-13-3-5-14(6-4-13)23-15-9-18-10-15;17-13-14(9-1-2-9)20-21-15(13)16(22)19-10-3-5-11(6-4-10)23-12-7-18-8-12/h3-8,11,15,18H,1-2,9-10H2,(H,21,22);3-6,9,12,18H,1-2,7-8H2,(H,19,22)(H,20,21). The third kappa shape index (κ3) is 7.92. The lowest BCUT2D eigenvalue weighted by Gasteiger charge is -2.26. The van der Waals surface area contributed by atoms with E-state index in [0.717, 1.165) is 74.8 Å². The molecule has 2 aromatic heterocycles. The van der Waals surface area contributed by atoms with Crippen LogP contribution in [-0.2, 0) is 0 Å². The van der Waals surface area contributed by atoms with Gasteiger partial charge in [0.1, 0.15) is 5.82 Å². The molecule has 0 unspecified atom stereocenters. The van der Waals surface area contributed by atoms with Gasteiger partial charge in [0, 0.05) is 82.1 Å². The number of carbonyl (C=O) groups excluding carboxylic acids is 2. The Balaban J connectivity index is 0.000000147. The molecule has 46 heavy (non-hydrogen) atoms. The number of carbonyl (C=O) groups is 2. The number of hydrogen-bond acceptors (Lipinski definition) is 9. The summed E-state index contributed by atoms with van der Waals surface area (Å²) in [5.74, 6) is 1.35. The largest absolute Gasteiger partial charge is 0.322 e. The topological polar surface area (TPSA) is 137 Å². The summed E-state index contributed by atoms with van der Waals surface area (Å²) in [6, 6.07) is 15.8. The molecule has 0 radical (unpaired) electrons. The minimum Gasteiger partial charge on any atom is -0.322 e. The first-order valence-electron chi connectivity index (χ1n) is 15.6. The van der Waals surface area contributed by atoms with E-state index in [1.807, 2.05) is 72.1 Å². The van der Waals surface area contributed by atoms with Crippen molar-refractivity contribution < 1.29 is 9.59 Å². The van der Waals surface area contributed by atoms with Crippen LogP contribution in [0, 0.1) is 0 Å². The Morgan fingerprint density at radius 3 is 1.67 bits per heavy atom. The van der Waals surface area contributed by atoms with Gasteiger partial charge in [-0.2, -0.15) is 5.10 Å². The van der Waals surface area contributed by atoms with Crippen molar-refractivity contribution in [1.82, 2.24) is 30.8 Å². The van der Waals surface area contributed by atoms with Crippen molar-refractivity contribution >= 4 is 58.3 Å². The van der Waals surface area contributed by atoms with Crippen molar-refractivity contribution in [2.24, 2.45) is 0 Å². The number of benzene rings is 2. The van der Waals surface area contributed by atoms with Crippen molar-refractivity contribution in [3.63, 3.8) is 0 Å². The number of halogens is 1. The number of aromatic amines is 1. The monoisotopic (exact) mass is 674 g/mol. The number of amides is 2. The fourth-order valence-electron chi connectivity index (χ4n) is 4.85. The maximum absolute atomic E-state index is 12.3. The van der Waals surface area contributed by atoms with Gasteiger partial charge in [0.15, 0.2) is 5.69 Å². The van der Waals surface area contributed by atoms with Gasteiger partial charge in [0.05, 0.1) is 16.3 Å². The highest BCUT2D eigenvalue weighted by Gasteiger charge is 2.31. The molecule has 4 aliphatic rings. The summed E-state index contributed by atoms with van der Waals surface area (Å²) >= 11 is 9.99. The maximum Gasteiger partial charge on any atom is 0.277 e. The molecule has 0 spiro atoms. The second-order valence-electron chi connectivity index (χ2n) is 11.9. The van der Waals surface area contributed by atoms with Gasteiger partial charge in [-0.15, -0.1) is 23.5 Å². The molecule has 8 rings (SSSR count). The van der Waals surface area contributed by atoms with Crippen molar-refractivity contribution in [2.45, 2.75) is 57.8 Å². The van der Waals surface area contributed by atoms with Crippen molar-refractivity contribution in [3.8, 4) is 0 Å². The van der Waals surface area contributed by atoms with E-state index in [1.54, 1.807) is 12.4 Å². The normalized spacial score (nSPS) is 17.7. The number of H-pyrrole nitrogens is 1. The summed E-state index contributed by atoms with van der Waals surface area (Å²) in [6.45, 7) is 4.26. The van der Waals surface area contributed by atoms with Crippen LogP contribution in [0.25, 0.3) is 0 Å². The number of nitrogens with one attached hydrogen (secondary N) is 5. The van der Waals surface area contributed by atoms with Gasteiger partial charge >= 0.3 is 0 Å². The minimum atomic E-state index is -0.276. The molecule has 13 heteroatoms. The lowest BCUT2D eigenvalue weighted by Crippen LogP contribution is -2.44. The fraction of sp³-hybridized carbons (Fsp3) is 0.364. The second-order valence-corrected chi connectivity index (χ2v) is 15.1. The summed E-state index contributed by atoms with van der Waals surface area (Å²) in [6.07, 6.45) is 7.77. The number of hydrogen-bond donors (Lipinski definition) is 5. The summed E-state index contributed by atoms with van der Waals surface area (Å²) < 4.78 is 0. The van der Waals surface area contributed by atoms with Crippen LogP contribution in [0.3, 0.4) is 0 Å². The molecule has 238 valence electrons. The zero-order chi connectivity index (χ0) is 31.5. The fourth-order valence-corrected chi connectivity index (χ4v) is 7.33. The number of rotatable bonds is 10. The molecule has 2 amide bonds. The van der Waals surface area contributed by atoms with E-state index >= 15 is 0 Å². The molecule has 4 aromatic rings. The Labute approximate surface area is 281 Å². The zero-order valence-electron chi connectivity index (χ0n) is 25.1. The number of anilines is 2. The van der Waals surface area contributed by atoms with E-state index in [0.29, 0.717) is 32.9 Å². The van der Waals surface area contributed by atoms with Gasteiger partial charge in [0.2, 0.25) is 0 Å². The molecule has 4 heterocycles. The van der Waals surface area contributed by atoms with Gasteiger partial charge in [-0.05, 0) is 74.2 Å². The highest BCUT2D eigenvalue weighted by Crippen LogP contribution is 2.43. The van der Waals surface area contributed by atoms with E-state index in [-0.39, 0.29) is 17.5 Å². The molecule has 2 aliphatic heterocycles. The van der Waals surface area contributed by atoms with Gasteiger partial charge in [-0.25, -0.2) is 9.97 Å². The summed E-state index contributed by atoms with van der Waals surface area (Å²) in [5.41, 5.74) is 3.19. The van der Waals surface area contributed by atoms with E-state index < -0.39 is 0 Å². The predicted octanol–water partition coefficient (Wildman–Crippen LogP) is 5.93. The Morgan fingerprint density at radius 1 is 0.717 bits per heavy atom. The molecule has 4 fully saturated rings. The van der Waals surface area contributed by atoms with Crippen LogP contribution in [0.2, 0.25) is 5.02 Å². The molecule has 2 aromatic carbocycles. The summed E-state index contributed by atoms with van der Waals surface area (Å²) in [5, 5.41) is 21.0. The molecule has 2 saturated heterocycles. The summed E-state index contributed by atoms with van der Waals surface area (Å²) in [4.78, 5) is 35.6.